The quantitative estimate of drug-likeness (QED) is 0.534. The Labute approximate surface area is 192 Å². The summed E-state index contributed by atoms with van der Waals surface area (Å²) in [5.41, 5.74) is 0.295. The molecule has 0 atom stereocenters. The molecule has 1 saturated heterocycles. The van der Waals surface area contributed by atoms with Gasteiger partial charge in [-0.25, -0.2) is 8.42 Å². The van der Waals surface area contributed by atoms with Gasteiger partial charge in [-0.05, 0) is 36.4 Å². The highest BCUT2D eigenvalue weighted by molar-refractivity contribution is 7.92. The molecule has 172 valence electrons. The normalized spacial score (nSPS) is 14.1. The van der Waals surface area contributed by atoms with Gasteiger partial charge in [0.25, 0.3) is 10.0 Å². The van der Waals surface area contributed by atoms with Crippen molar-refractivity contribution in [2.24, 2.45) is 0 Å². The van der Waals surface area contributed by atoms with Gasteiger partial charge in [0.2, 0.25) is 12.3 Å². The highest BCUT2D eigenvalue weighted by Crippen LogP contribution is 2.32. The Hall–Kier alpha value is -2.98. The lowest BCUT2D eigenvalue weighted by Crippen LogP contribution is -2.51. The summed E-state index contributed by atoms with van der Waals surface area (Å²) < 4.78 is 38.6. The van der Waals surface area contributed by atoms with Crippen molar-refractivity contribution in [3.63, 3.8) is 0 Å². The molecule has 11 heteroatoms. The largest absolute Gasteiger partial charge is 0.493 e. The molecule has 2 aromatic rings. The predicted molar refractivity (Wildman–Crippen MR) is 120 cm³/mol. The van der Waals surface area contributed by atoms with E-state index >= 15 is 0 Å². The van der Waals surface area contributed by atoms with Crippen LogP contribution >= 0.6 is 11.6 Å². The molecule has 1 heterocycles. The van der Waals surface area contributed by atoms with Gasteiger partial charge in [0, 0.05) is 37.3 Å². The molecule has 0 aromatic heterocycles. The second-order valence-corrected chi connectivity index (χ2v) is 9.33. The number of benzene rings is 2. The summed E-state index contributed by atoms with van der Waals surface area (Å²) in [5, 5.41) is 0.438. The maximum Gasteiger partial charge on any atom is 0.264 e. The fourth-order valence-corrected chi connectivity index (χ4v) is 4.88. The van der Waals surface area contributed by atoms with Gasteiger partial charge in [-0.15, -0.1) is 0 Å². The molecular formula is C21H24ClN3O6S. The van der Waals surface area contributed by atoms with Crippen molar-refractivity contribution in [1.29, 1.82) is 0 Å². The molecule has 3 rings (SSSR count). The summed E-state index contributed by atoms with van der Waals surface area (Å²) in [7, 11) is -1.27. The number of halogens is 1. The summed E-state index contributed by atoms with van der Waals surface area (Å²) in [5.74, 6) is 0.268. The van der Waals surface area contributed by atoms with Crippen molar-refractivity contribution in [1.82, 2.24) is 9.80 Å². The first kappa shape index (κ1) is 23.7. The highest BCUT2D eigenvalue weighted by Gasteiger charge is 2.31. The molecule has 0 spiro atoms. The van der Waals surface area contributed by atoms with E-state index in [1.807, 2.05) is 0 Å². The molecule has 2 aromatic carbocycles. The van der Waals surface area contributed by atoms with E-state index in [0.717, 1.165) is 10.7 Å². The van der Waals surface area contributed by atoms with Crippen molar-refractivity contribution >= 4 is 39.6 Å². The van der Waals surface area contributed by atoms with Crippen LogP contribution in [0.2, 0.25) is 5.02 Å². The van der Waals surface area contributed by atoms with Gasteiger partial charge in [0.1, 0.15) is 6.54 Å². The monoisotopic (exact) mass is 481 g/mol. The zero-order valence-corrected chi connectivity index (χ0v) is 19.3. The van der Waals surface area contributed by atoms with Crippen LogP contribution in [0.1, 0.15) is 0 Å². The lowest BCUT2D eigenvalue weighted by Gasteiger charge is -2.34. The summed E-state index contributed by atoms with van der Waals surface area (Å²) in [6.07, 6.45) is 0.739. The molecule has 1 fully saturated rings. The first-order valence-corrected chi connectivity index (χ1v) is 11.6. The van der Waals surface area contributed by atoms with E-state index in [-0.39, 0.29) is 16.6 Å². The predicted octanol–water partition coefficient (Wildman–Crippen LogP) is 1.85. The summed E-state index contributed by atoms with van der Waals surface area (Å²) in [6, 6.07) is 10.4. The van der Waals surface area contributed by atoms with Gasteiger partial charge in [-0.1, -0.05) is 11.6 Å². The van der Waals surface area contributed by atoms with Crippen molar-refractivity contribution in [3.05, 3.63) is 47.5 Å². The average Bonchev–Trinajstić information content (AvgIpc) is 2.82. The molecule has 0 aliphatic carbocycles. The Kier molecular flexibility index (Phi) is 7.47. The Bertz CT molecular complexity index is 1070. The third kappa shape index (κ3) is 5.08. The van der Waals surface area contributed by atoms with E-state index in [1.165, 1.54) is 44.6 Å². The second kappa shape index (κ2) is 10.1. The van der Waals surface area contributed by atoms with Gasteiger partial charge in [0.15, 0.2) is 11.5 Å². The first-order chi connectivity index (χ1) is 15.3. The Balaban J connectivity index is 1.95. The summed E-state index contributed by atoms with van der Waals surface area (Å²) in [4.78, 5) is 27.0. The minimum absolute atomic E-state index is 0.0522. The van der Waals surface area contributed by atoms with Crippen molar-refractivity contribution in [3.8, 4) is 11.5 Å². The van der Waals surface area contributed by atoms with Gasteiger partial charge in [0.05, 0.1) is 24.8 Å². The van der Waals surface area contributed by atoms with E-state index in [0.29, 0.717) is 42.6 Å². The average molecular weight is 482 g/mol. The van der Waals surface area contributed by atoms with Crippen LogP contribution in [0.5, 0.6) is 11.5 Å². The lowest BCUT2D eigenvalue weighted by molar-refractivity contribution is -0.133. The van der Waals surface area contributed by atoms with Crippen molar-refractivity contribution in [2.45, 2.75) is 4.90 Å². The number of hydrogen-bond acceptors (Lipinski definition) is 6. The smallest absolute Gasteiger partial charge is 0.264 e. The number of hydrogen-bond donors (Lipinski definition) is 0. The maximum atomic E-state index is 13.6. The van der Waals surface area contributed by atoms with E-state index in [9.17, 15) is 18.0 Å². The van der Waals surface area contributed by atoms with Crippen LogP contribution in [0.25, 0.3) is 0 Å². The topological polar surface area (TPSA) is 96.5 Å². The zero-order chi connectivity index (χ0) is 23.3. The number of piperazine rings is 1. The number of anilines is 1. The summed E-state index contributed by atoms with van der Waals surface area (Å²) >= 11 is 5.97. The van der Waals surface area contributed by atoms with Crippen LogP contribution in [0, 0.1) is 0 Å². The molecule has 2 amide bonds. The highest BCUT2D eigenvalue weighted by atomic mass is 35.5. The number of rotatable bonds is 8. The van der Waals surface area contributed by atoms with Crippen LogP contribution in [0.4, 0.5) is 5.69 Å². The number of nitrogens with zero attached hydrogens (tertiary/aromatic N) is 3. The van der Waals surface area contributed by atoms with E-state index in [1.54, 1.807) is 21.9 Å². The second-order valence-electron chi connectivity index (χ2n) is 7.03. The number of methoxy groups -OCH3 is 2. The van der Waals surface area contributed by atoms with Gasteiger partial charge < -0.3 is 19.3 Å². The van der Waals surface area contributed by atoms with Crippen LogP contribution in [-0.2, 0) is 19.6 Å². The molecule has 32 heavy (non-hydrogen) atoms. The lowest BCUT2D eigenvalue weighted by atomic mass is 10.3. The third-order valence-electron chi connectivity index (χ3n) is 5.15. The van der Waals surface area contributed by atoms with E-state index in [2.05, 4.69) is 0 Å². The molecule has 1 aliphatic heterocycles. The van der Waals surface area contributed by atoms with Crippen LogP contribution in [0.15, 0.2) is 47.4 Å². The van der Waals surface area contributed by atoms with E-state index < -0.39 is 16.6 Å². The number of sulfonamides is 1. The standard InChI is InChI=1S/C21H24ClN3O6S/c1-30-19-8-7-18(13-20(19)31-2)32(28,29)25(17-5-3-16(22)4-6-17)14-21(27)24-11-9-23(15-26)10-12-24/h3-8,13,15H,9-12,14H2,1-2H3. The SMILES string of the molecule is COc1ccc(S(=O)(=O)N(CC(=O)N2CCN(C=O)CC2)c2ccc(Cl)cc2)cc1OC. The van der Waals surface area contributed by atoms with Gasteiger partial charge in [-0.3, -0.25) is 13.9 Å². The van der Waals surface area contributed by atoms with Crippen LogP contribution < -0.4 is 13.8 Å². The fraction of sp³-hybridized carbons (Fsp3) is 0.333. The molecule has 0 radical (unpaired) electrons. The summed E-state index contributed by atoms with van der Waals surface area (Å²) in [6.45, 7) is 1.07. The minimum atomic E-state index is -4.13. The Morgan fingerprint density at radius 2 is 1.66 bits per heavy atom. The number of carbonyl (C=O) groups excluding carboxylic acids is 2. The molecule has 0 bridgehead atoms. The zero-order valence-electron chi connectivity index (χ0n) is 17.7. The molecule has 0 saturated carbocycles. The Morgan fingerprint density at radius 1 is 1.03 bits per heavy atom. The third-order valence-corrected chi connectivity index (χ3v) is 7.17. The molecule has 0 unspecified atom stereocenters. The molecule has 1 aliphatic rings. The minimum Gasteiger partial charge on any atom is -0.493 e. The molecule has 9 nitrogen and oxygen atoms in total. The number of amides is 2. The van der Waals surface area contributed by atoms with Crippen LogP contribution in [0.3, 0.4) is 0 Å². The molecular weight excluding hydrogens is 458 g/mol. The number of ether oxygens (including phenoxy) is 2. The van der Waals surface area contributed by atoms with Crippen molar-refractivity contribution in [2.75, 3.05) is 51.2 Å². The number of carbonyl (C=O) groups is 2. The van der Waals surface area contributed by atoms with Crippen LogP contribution in [-0.4, -0.2) is 77.5 Å². The molecule has 0 N–H and O–H groups in total. The first-order valence-electron chi connectivity index (χ1n) is 9.77. The van der Waals surface area contributed by atoms with Crippen molar-refractivity contribution < 1.29 is 27.5 Å². The fourth-order valence-electron chi connectivity index (χ4n) is 3.33. The van der Waals surface area contributed by atoms with Gasteiger partial charge >= 0.3 is 0 Å². The van der Waals surface area contributed by atoms with Gasteiger partial charge in [-0.2, -0.15) is 0 Å². The Morgan fingerprint density at radius 3 is 2.22 bits per heavy atom. The maximum absolute atomic E-state index is 13.6. The van der Waals surface area contributed by atoms with E-state index in [4.69, 9.17) is 21.1 Å².